The number of hydrogen-bond donors (Lipinski definition) is 1. The molecule has 2 amide bonds. The van der Waals surface area contributed by atoms with Crippen molar-refractivity contribution in [2.75, 3.05) is 5.73 Å². The Labute approximate surface area is 109 Å². The fraction of sp³-hybridized carbons (Fsp3) is 0.0714. The van der Waals surface area contributed by atoms with Gasteiger partial charge in [0.2, 0.25) is 0 Å². The van der Waals surface area contributed by atoms with Crippen LogP contribution in [0.2, 0.25) is 0 Å². The summed E-state index contributed by atoms with van der Waals surface area (Å²) in [7, 11) is 0. The molecule has 1 aliphatic heterocycles. The summed E-state index contributed by atoms with van der Waals surface area (Å²) in [5.74, 6) is -0.622. The highest BCUT2D eigenvalue weighted by Gasteiger charge is 2.35. The second kappa shape index (κ2) is 4.20. The lowest BCUT2D eigenvalue weighted by Crippen LogP contribution is -2.29. The number of nitrogens with zero attached hydrogens (tertiary/aromatic N) is 2. The van der Waals surface area contributed by atoms with Gasteiger partial charge in [-0.15, -0.1) is 0 Å². The van der Waals surface area contributed by atoms with Gasteiger partial charge < -0.3 is 5.73 Å². The molecule has 0 radical (unpaired) electrons. The molecule has 1 aliphatic rings. The Kier molecular flexibility index (Phi) is 2.52. The van der Waals surface area contributed by atoms with Crippen LogP contribution in [0.1, 0.15) is 26.4 Å². The maximum absolute atomic E-state index is 12.2. The van der Waals surface area contributed by atoms with Gasteiger partial charge in [0.05, 0.1) is 23.4 Å². The van der Waals surface area contributed by atoms with E-state index in [2.05, 4.69) is 4.98 Å². The second-order valence-corrected chi connectivity index (χ2v) is 4.32. The van der Waals surface area contributed by atoms with Gasteiger partial charge in [0.25, 0.3) is 11.8 Å². The van der Waals surface area contributed by atoms with Crippen molar-refractivity contribution in [3.8, 4) is 0 Å². The van der Waals surface area contributed by atoms with Crippen molar-refractivity contribution in [2.45, 2.75) is 6.54 Å². The number of carbonyl (C=O) groups excluding carboxylic acids is 2. The number of imide groups is 1. The summed E-state index contributed by atoms with van der Waals surface area (Å²) in [5.41, 5.74) is 7.55. The predicted octanol–water partition coefficient (Wildman–Crippen LogP) is 1.46. The molecule has 0 atom stereocenters. The normalized spacial score (nSPS) is 13.8. The standard InChI is InChI=1S/C14H11N3O2/c15-9-4-5-11-12(7-9)14(19)17(13(11)18)8-10-3-1-2-6-16-10/h1-7H,8,15H2. The third kappa shape index (κ3) is 1.85. The van der Waals surface area contributed by atoms with Crippen LogP contribution in [0.4, 0.5) is 5.69 Å². The Morgan fingerprint density at radius 2 is 1.84 bits per heavy atom. The van der Waals surface area contributed by atoms with Gasteiger partial charge in [-0.05, 0) is 30.3 Å². The van der Waals surface area contributed by atoms with Crippen molar-refractivity contribution in [2.24, 2.45) is 0 Å². The molecule has 94 valence electrons. The fourth-order valence-corrected chi connectivity index (χ4v) is 2.11. The molecule has 0 aliphatic carbocycles. The number of hydrogen-bond acceptors (Lipinski definition) is 4. The monoisotopic (exact) mass is 253 g/mol. The first kappa shape index (κ1) is 11.4. The van der Waals surface area contributed by atoms with Crippen LogP contribution in [0.15, 0.2) is 42.6 Å². The molecule has 0 spiro atoms. The van der Waals surface area contributed by atoms with Crippen molar-refractivity contribution >= 4 is 17.5 Å². The molecular formula is C14H11N3O2. The molecule has 5 heteroatoms. The van der Waals surface area contributed by atoms with E-state index in [4.69, 9.17) is 5.73 Å². The average molecular weight is 253 g/mol. The Morgan fingerprint density at radius 3 is 2.58 bits per heavy atom. The molecule has 2 heterocycles. The predicted molar refractivity (Wildman–Crippen MR) is 69.3 cm³/mol. The molecule has 2 aromatic rings. The number of nitrogens with two attached hydrogens (primary N) is 1. The summed E-state index contributed by atoms with van der Waals surface area (Å²) in [6.07, 6.45) is 1.63. The van der Waals surface area contributed by atoms with E-state index in [1.165, 1.54) is 11.0 Å². The van der Waals surface area contributed by atoms with Gasteiger partial charge in [0, 0.05) is 11.9 Å². The van der Waals surface area contributed by atoms with Crippen LogP contribution in [0.25, 0.3) is 0 Å². The molecule has 0 bridgehead atoms. The number of rotatable bonds is 2. The van der Waals surface area contributed by atoms with E-state index in [9.17, 15) is 9.59 Å². The summed E-state index contributed by atoms with van der Waals surface area (Å²) in [6, 6.07) is 10.1. The molecular weight excluding hydrogens is 242 g/mol. The van der Waals surface area contributed by atoms with Crippen LogP contribution in [0.3, 0.4) is 0 Å². The van der Waals surface area contributed by atoms with Crippen molar-refractivity contribution < 1.29 is 9.59 Å². The van der Waals surface area contributed by atoms with E-state index in [0.717, 1.165) is 0 Å². The van der Waals surface area contributed by atoms with Crippen LogP contribution in [-0.4, -0.2) is 21.7 Å². The van der Waals surface area contributed by atoms with Crippen molar-refractivity contribution in [3.05, 3.63) is 59.4 Å². The summed E-state index contributed by atoms with van der Waals surface area (Å²) in [4.78, 5) is 29.7. The summed E-state index contributed by atoms with van der Waals surface area (Å²) >= 11 is 0. The molecule has 0 fully saturated rings. The first-order chi connectivity index (χ1) is 9.16. The van der Waals surface area contributed by atoms with E-state index in [1.807, 2.05) is 6.07 Å². The van der Waals surface area contributed by atoms with Crippen LogP contribution >= 0.6 is 0 Å². The van der Waals surface area contributed by atoms with E-state index in [1.54, 1.807) is 30.5 Å². The van der Waals surface area contributed by atoms with E-state index in [0.29, 0.717) is 22.5 Å². The van der Waals surface area contributed by atoms with Crippen molar-refractivity contribution in [1.29, 1.82) is 0 Å². The van der Waals surface area contributed by atoms with Gasteiger partial charge in [0.15, 0.2) is 0 Å². The molecule has 0 saturated carbocycles. The maximum atomic E-state index is 12.2. The fourth-order valence-electron chi connectivity index (χ4n) is 2.11. The Balaban J connectivity index is 1.95. The Bertz CT molecular complexity index is 668. The Morgan fingerprint density at radius 1 is 1.05 bits per heavy atom. The first-order valence-corrected chi connectivity index (χ1v) is 5.82. The van der Waals surface area contributed by atoms with Crippen molar-refractivity contribution in [1.82, 2.24) is 9.88 Å². The summed E-state index contributed by atoms with van der Waals surface area (Å²) in [5, 5.41) is 0. The maximum Gasteiger partial charge on any atom is 0.261 e. The number of benzene rings is 1. The van der Waals surface area contributed by atoms with Crippen LogP contribution in [-0.2, 0) is 6.54 Å². The third-order valence-electron chi connectivity index (χ3n) is 3.04. The van der Waals surface area contributed by atoms with Gasteiger partial charge in [-0.25, -0.2) is 0 Å². The largest absolute Gasteiger partial charge is 0.399 e. The Hall–Kier alpha value is -2.69. The molecule has 0 unspecified atom stereocenters. The highest BCUT2D eigenvalue weighted by atomic mass is 16.2. The van der Waals surface area contributed by atoms with Gasteiger partial charge in [-0.3, -0.25) is 19.5 Å². The third-order valence-corrected chi connectivity index (χ3v) is 3.04. The first-order valence-electron chi connectivity index (χ1n) is 5.82. The number of anilines is 1. The summed E-state index contributed by atoms with van der Waals surface area (Å²) in [6.45, 7) is 0.174. The molecule has 1 aromatic heterocycles. The van der Waals surface area contributed by atoms with Gasteiger partial charge in [-0.2, -0.15) is 0 Å². The smallest absolute Gasteiger partial charge is 0.261 e. The average Bonchev–Trinajstić information content (AvgIpc) is 2.65. The van der Waals surface area contributed by atoms with E-state index < -0.39 is 0 Å². The minimum Gasteiger partial charge on any atom is -0.399 e. The van der Waals surface area contributed by atoms with Gasteiger partial charge in [-0.1, -0.05) is 6.07 Å². The highest BCUT2D eigenvalue weighted by Crippen LogP contribution is 2.25. The number of aromatic nitrogens is 1. The number of carbonyl (C=O) groups is 2. The molecule has 2 N–H and O–H groups in total. The molecule has 0 saturated heterocycles. The van der Waals surface area contributed by atoms with E-state index >= 15 is 0 Å². The molecule has 19 heavy (non-hydrogen) atoms. The number of pyridine rings is 1. The van der Waals surface area contributed by atoms with Crippen LogP contribution < -0.4 is 5.73 Å². The molecule has 3 rings (SSSR count). The lowest BCUT2D eigenvalue weighted by molar-refractivity contribution is 0.0640. The number of nitrogen functional groups attached to an aromatic ring is 1. The number of amides is 2. The second-order valence-electron chi connectivity index (χ2n) is 4.32. The van der Waals surface area contributed by atoms with Gasteiger partial charge in [0.1, 0.15) is 0 Å². The van der Waals surface area contributed by atoms with E-state index in [-0.39, 0.29) is 18.4 Å². The topological polar surface area (TPSA) is 76.3 Å². The number of fused-ring (bicyclic) bond motifs is 1. The van der Waals surface area contributed by atoms with Crippen molar-refractivity contribution in [3.63, 3.8) is 0 Å². The van der Waals surface area contributed by atoms with Gasteiger partial charge >= 0.3 is 0 Å². The lowest BCUT2D eigenvalue weighted by Gasteiger charge is -2.12. The zero-order valence-electron chi connectivity index (χ0n) is 10.0. The SMILES string of the molecule is Nc1ccc2c(c1)C(=O)N(Cc1ccccn1)C2=O. The quantitative estimate of drug-likeness (QED) is 0.649. The molecule has 5 nitrogen and oxygen atoms in total. The lowest BCUT2D eigenvalue weighted by atomic mass is 10.1. The minimum absolute atomic E-state index is 0.174. The minimum atomic E-state index is -0.321. The molecule has 1 aromatic carbocycles. The van der Waals surface area contributed by atoms with Crippen LogP contribution in [0.5, 0.6) is 0 Å². The highest BCUT2D eigenvalue weighted by molar-refractivity contribution is 6.21. The van der Waals surface area contributed by atoms with Crippen LogP contribution in [0, 0.1) is 0 Å². The summed E-state index contributed by atoms with van der Waals surface area (Å²) < 4.78 is 0. The zero-order valence-corrected chi connectivity index (χ0v) is 10.0. The zero-order chi connectivity index (χ0) is 13.4.